The van der Waals surface area contributed by atoms with Crippen molar-refractivity contribution in [2.75, 3.05) is 19.6 Å². The fourth-order valence-electron chi connectivity index (χ4n) is 2.07. The molecular weight excluding hydrogens is 333 g/mol. The molecule has 1 amide bonds. The molecule has 0 aliphatic heterocycles. The molecule has 3 aromatic rings. The third kappa shape index (κ3) is 3.38. The predicted octanol–water partition coefficient (Wildman–Crippen LogP) is 3.21. The van der Waals surface area contributed by atoms with E-state index in [1.54, 1.807) is 24.3 Å². The number of hydrogen-bond donors (Lipinski definition) is 2. The zero-order valence-electron chi connectivity index (χ0n) is 12.9. The summed E-state index contributed by atoms with van der Waals surface area (Å²) in [6, 6.07) is 9.17. The molecule has 8 heteroatoms. The van der Waals surface area contributed by atoms with E-state index < -0.39 is 0 Å². The molecule has 2 N–H and O–H groups in total. The van der Waals surface area contributed by atoms with Gasteiger partial charge >= 0.3 is 0 Å². The van der Waals surface area contributed by atoms with Gasteiger partial charge in [0.1, 0.15) is 17.3 Å². The fraction of sp³-hybridized carbons (Fsp3) is 0.125. The van der Waals surface area contributed by atoms with Crippen LogP contribution in [0.25, 0.3) is 10.2 Å². The number of benzene rings is 2. The Kier molecular flexibility index (Phi) is 4.48. The minimum Gasteiger partial charge on any atom is -0.497 e. The number of amides is 1. The SMILES string of the molecule is COc1cc(OC)cc(C(=O)NNc2nc3ccc(F)cc3s2)c1. The van der Waals surface area contributed by atoms with Crippen molar-refractivity contribution in [3.8, 4) is 11.5 Å². The number of carbonyl (C=O) groups is 1. The topological polar surface area (TPSA) is 72.5 Å². The number of methoxy groups -OCH3 is 2. The van der Waals surface area contributed by atoms with E-state index in [4.69, 9.17) is 9.47 Å². The van der Waals surface area contributed by atoms with Crippen LogP contribution in [0, 0.1) is 5.82 Å². The summed E-state index contributed by atoms with van der Waals surface area (Å²) in [5.74, 6) is 0.313. The summed E-state index contributed by atoms with van der Waals surface area (Å²) >= 11 is 1.24. The number of aromatic nitrogens is 1. The highest BCUT2D eigenvalue weighted by Crippen LogP contribution is 2.26. The third-order valence-corrected chi connectivity index (χ3v) is 4.18. The van der Waals surface area contributed by atoms with Gasteiger partial charge in [0.05, 0.1) is 24.4 Å². The number of rotatable bonds is 5. The first-order valence-corrected chi connectivity index (χ1v) is 7.76. The first-order chi connectivity index (χ1) is 11.6. The van der Waals surface area contributed by atoms with Crippen molar-refractivity contribution in [1.29, 1.82) is 0 Å². The van der Waals surface area contributed by atoms with Gasteiger partial charge in [0, 0.05) is 11.6 Å². The van der Waals surface area contributed by atoms with E-state index in [0.717, 1.165) is 0 Å². The van der Waals surface area contributed by atoms with Crippen LogP contribution in [-0.4, -0.2) is 25.1 Å². The van der Waals surface area contributed by atoms with Crippen molar-refractivity contribution < 1.29 is 18.7 Å². The lowest BCUT2D eigenvalue weighted by molar-refractivity contribution is 0.0962. The average molecular weight is 347 g/mol. The number of nitrogens with one attached hydrogen (secondary N) is 2. The molecule has 0 unspecified atom stereocenters. The lowest BCUT2D eigenvalue weighted by atomic mass is 10.2. The number of hydrazine groups is 1. The van der Waals surface area contributed by atoms with Gasteiger partial charge in [-0.05, 0) is 30.3 Å². The van der Waals surface area contributed by atoms with Gasteiger partial charge in [-0.3, -0.25) is 15.6 Å². The fourth-order valence-corrected chi connectivity index (χ4v) is 2.92. The first kappa shape index (κ1) is 16.0. The molecule has 0 aliphatic rings. The number of ether oxygens (including phenoxy) is 2. The molecule has 0 saturated carbocycles. The summed E-state index contributed by atoms with van der Waals surface area (Å²) in [6.45, 7) is 0. The Morgan fingerprint density at radius 3 is 2.50 bits per heavy atom. The van der Waals surface area contributed by atoms with Crippen LogP contribution in [0.4, 0.5) is 9.52 Å². The molecule has 1 aromatic heterocycles. The predicted molar refractivity (Wildman–Crippen MR) is 90.2 cm³/mol. The van der Waals surface area contributed by atoms with Crippen molar-refractivity contribution in [2.45, 2.75) is 0 Å². The number of carbonyl (C=O) groups excluding carboxylic acids is 1. The number of hydrogen-bond acceptors (Lipinski definition) is 6. The Hall–Kier alpha value is -2.87. The van der Waals surface area contributed by atoms with Gasteiger partial charge in [-0.25, -0.2) is 9.37 Å². The lowest BCUT2D eigenvalue weighted by Gasteiger charge is -2.09. The van der Waals surface area contributed by atoms with Crippen LogP contribution in [0.2, 0.25) is 0 Å². The summed E-state index contributed by atoms with van der Waals surface area (Å²) in [5, 5.41) is 0.457. The average Bonchev–Trinajstić information content (AvgIpc) is 3.01. The molecule has 0 spiro atoms. The monoisotopic (exact) mass is 347 g/mol. The molecule has 2 aromatic carbocycles. The van der Waals surface area contributed by atoms with Crippen LogP contribution in [0.5, 0.6) is 11.5 Å². The van der Waals surface area contributed by atoms with E-state index in [9.17, 15) is 9.18 Å². The minimum atomic E-state index is -0.377. The van der Waals surface area contributed by atoms with Crippen LogP contribution >= 0.6 is 11.3 Å². The van der Waals surface area contributed by atoms with E-state index in [-0.39, 0.29) is 11.7 Å². The van der Waals surface area contributed by atoms with Gasteiger partial charge in [-0.2, -0.15) is 0 Å². The van der Waals surface area contributed by atoms with Crippen molar-refractivity contribution in [3.63, 3.8) is 0 Å². The quantitative estimate of drug-likeness (QED) is 0.694. The number of halogens is 1. The van der Waals surface area contributed by atoms with E-state index in [1.165, 1.54) is 37.7 Å². The molecule has 3 rings (SSSR count). The van der Waals surface area contributed by atoms with Crippen LogP contribution in [0.15, 0.2) is 36.4 Å². The number of fused-ring (bicyclic) bond motifs is 1. The van der Waals surface area contributed by atoms with Crippen molar-refractivity contribution in [3.05, 3.63) is 47.8 Å². The molecular formula is C16H14FN3O3S. The highest BCUT2D eigenvalue weighted by atomic mass is 32.1. The Labute approximate surface area is 141 Å². The van der Waals surface area contributed by atoms with Gasteiger partial charge in [0.2, 0.25) is 5.13 Å². The molecule has 24 heavy (non-hydrogen) atoms. The normalized spacial score (nSPS) is 10.5. The van der Waals surface area contributed by atoms with Gasteiger partial charge < -0.3 is 9.47 Å². The molecule has 0 bridgehead atoms. The molecule has 124 valence electrons. The molecule has 0 radical (unpaired) electrons. The first-order valence-electron chi connectivity index (χ1n) is 6.94. The Balaban J connectivity index is 1.74. The summed E-state index contributed by atoms with van der Waals surface area (Å²) in [4.78, 5) is 16.5. The maximum absolute atomic E-state index is 13.2. The van der Waals surface area contributed by atoms with Crippen LogP contribution in [0.1, 0.15) is 10.4 Å². The highest BCUT2D eigenvalue weighted by molar-refractivity contribution is 7.22. The van der Waals surface area contributed by atoms with Crippen LogP contribution < -0.4 is 20.3 Å². The van der Waals surface area contributed by atoms with Crippen LogP contribution in [-0.2, 0) is 0 Å². The Morgan fingerprint density at radius 1 is 1.12 bits per heavy atom. The summed E-state index contributed by atoms with van der Waals surface area (Å²) in [6.07, 6.45) is 0. The van der Waals surface area contributed by atoms with Gasteiger partial charge in [-0.1, -0.05) is 11.3 Å². The molecule has 0 aliphatic carbocycles. The number of nitrogens with zero attached hydrogens (tertiary/aromatic N) is 1. The largest absolute Gasteiger partial charge is 0.497 e. The summed E-state index contributed by atoms with van der Waals surface area (Å²) in [7, 11) is 3.02. The second-order valence-corrected chi connectivity index (χ2v) is 5.84. The maximum atomic E-state index is 13.2. The van der Waals surface area contributed by atoms with E-state index in [2.05, 4.69) is 15.8 Å². The van der Waals surface area contributed by atoms with E-state index >= 15 is 0 Å². The van der Waals surface area contributed by atoms with Gasteiger partial charge in [0.15, 0.2) is 0 Å². The highest BCUT2D eigenvalue weighted by Gasteiger charge is 2.11. The number of thiazole rings is 1. The third-order valence-electron chi connectivity index (χ3n) is 3.25. The standard InChI is InChI=1S/C16H14FN3O3S/c1-22-11-5-9(6-12(8-11)23-2)15(21)19-20-16-18-13-4-3-10(17)7-14(13)24-16/h3-8H,1-2H3,(H,18,20)(H,19,21). The lowest BCUT2D eigenvalue weighted by Crippen LogP contribution is -2.29. The minimum absolute atomic E-state index is 0.329. The molecule has 0 saturated heterocycles. The summed E-state index contributed by atoms with van der Waals surface area (Å²) in [5.41, 5.74) is 6.30. The number of anilines is 1. The van der Waals surface area contributed by atoms with Crippen molar-refractivity contribution >= 4 is 32.6 Å². The maximum Gasteiger partial charge on any atom is 0.269 e. The summed E-state index contributed by atoms with van der Waals surface area (Å²) < 4.78 is 24.1. The van der Waals surface area contributed by atoms with E-state index in [1.807, 2.05) is 0 Å². The van der Waals surface area contributed by atoms with Crippen molar-refractivity contribution in [1.82, 2.24) is 10.4 Å². The zero-order valence-corrected chi connectivity index (χ0v) is 13.7. The molecule has 1 heterocycles. The molecule has 0 fully saturated rings. The van der Waals surface area contributed by atoms with Crippen LogP contribution in [0.3, 0.4) is 0 Å². The smallest absolute Gasteiger partial charge is 0.269 e. The molecule has 0 atom stereocenters. The van der Waals surface area contributed by atoms with Gasteiger partial charge in [0.25, 0.3) is 5.91 Å². The second kappa shape index (κ2) is 6.71. The molecule has 6 nitrogen and oxygen atoms in total. The Morgan fingerprint density at radius 2 is 1.83 bits per heavy atom. The second-order valence-electron chi connectivity index (χ2n) is 4.81. The van der Waals surface area contributed by atoms with Gasteiger partial charge in [-0.15, -0.1) is 0 Å². The van der Waals surface area contributed by atoms with Crippen molar-refractivity contribution in [2.24, 2.45) is 0 Å². The zero-order chi connectivity index (χ0) is 17.1. The Bertz CT molecular complexity index is 875. The van der Waals surface area contributed by atoms with E-state index in [0.29, 0.717) is 32.4 Å².